The van der Waals surface area contributed by atoms with Crippen molar-refractivity contribution in [1.29, 1.82) is 0 Å². The lowest BCUT2D eigenvalue weighted by Crippen LogP contribution is -2.05. The van der Waals surface area contributed by atoms with Crippen LogP contribution in [-0.4, -0.2) is 14.5 Å². The number of hydrogen-bond acceptors (Lipinski definition) is 5. The van der Waals surface area contributed by atoms with Gasteiger partial charge in [0.2, 0.25) is 0 Å². The molecule has 0 spiro atoms. The number of aromatic nitrogens is 3. The van der Waals surface area contributed by atoms with E-state index in [1.807, 2.05) is 23.9 Å². The molecule has 3 N–H and O–H groups in total. The van der Waals surface area contributed by atoms with E-state index in [0.717, 1.165) is 11.3 Å². The first-order chi connectivity index (χ1) is 8.72. The van der Waals surface area contributed by atoms with E-state index < -0.39 is 0 Å². The Kier molecular flexibility index (Phi) is 2.40. The highest BCUT2D eigenvalue weighted by molar-refractivity contribution is 5.78. The van der Waals surface area contributed by atoms with Crippen LogP contribution in [0.3, 0.4) is 0 Å². The Labute approximate surface area is 103 Å². The molecule has 18 heavy (non-hydrogen) atoms. The van der Waals surface area contributed by atoms with Gasteiger partial charge in [-0.05, 0) is 18.2 Å². The number of anilines is 2. The molecule has 3 rings (SSSR count). The van der Waals surface area contributed by atoms with Crippen molar-refractivity contribution in [3.05, 3.63) is 36.4 Å². The van der Waals surface area contributed by atoms with Crippen LogP contribution in [0, 0.1) is 0 Å². The number of hydrogen-bond donors (Lipinski definition) is 2. The fourth-order valence-corrected chi connectivity index (χ4v) is 1.74. The molecule has 0 amide bonds. The molecule has 6 nitrogen and oxygen atoms in total. The molecule has 0 aliphatic carbocycles. The van der Waals surface area contributed by atoms with E-state index >= 15 is 0 Å². The van der Waals surface area contributed by atoms with Gasteiger partial charge >= 0.3 is 0 Å². The predicted molar refractivity (Wildman–Crippen MR) is 69.0 cm³/mol. The average Bonchev–Trinajstić information content (AvgIpc) is 2.92. The summed E-state index contributed by atoms with van der Waals surface area (Å²) in [5.74, 6) is 0.914. The lowest BCUT2D eigenvalue weighted by atomic mass is 10.3. The van der Waals surface area contributed by atoms with Crippen LogP contribution in [0.25, 0.3) is 11.1 Å². The normalized spacial score (nSPS) is 10.9. The maximum Gasteiger partial charge on any atom is 0.296 e. The van der Waals surface area contributed by atoms with Crippen molar-refractivity contribution in [1.82, 2.24) is 14.5 Å². The molecule has 0 aliphatic heterocycles. The molecule has 2 heterocycles. The quantitative estimate of drug-likeness (QED) is 0.685. The third kappa shape index (κ3) is 1.88. The summed E-state index contributed by atoms with van der Waals surface area (Å²) < 4.78 is 7.48. The summed E-state index contributed by atoms with van der Waals surface area (Å²) in [7, 11) is 1.94. The molecule has 0 bridgehead atoms. The number of nitrogens with two attached hydrogens (primary N) is 1. The van der Waals surface area contributed by atoms with Gasteiger partial charge in [0.05, 0.1) is 6.54 Å². The summed E-state index contributed by atoms with van der Waals surface area (Å²) in [6, 6.07) is 5.85. The van der Waals surface area contributed by atoms with Crippen LogP contribution in [0.2, 0.25) is 0 Å². The number of aryl methyl sites for hydroxylation is 1. The predicted octanol–water partition coefficient (Wildman–Crippen LogP) is 1.76. The third-order valence-electron chi connectivity index (χ3n) is 2.73. The molecule has 2 aromatic heterocycles. The van der Waals surface area contributed by atoms with Gasteiger partial charge in [-0.2, -0.15) is 4.98 Å². The van der Waals surface area contributed by atoms with Crippen LogP contribution in [0.4, 0.5) is 11.7 Å². The van der Waals surface area contributed by atoms with Gasteiger partial charge in [0.1, 0.15) is 11.3 Å². The molecule has 3 aromatic rings. The zero-order valence-electron chi connectivity index (χ0n) is 9.92. The van der Waals surface area contributed by atoms with E-state index in [-0.39, 0.29) is 0 Å². The van der Waals surface area contributed by atoms with Gasteiger partial charge in [-0.25, -0.2) is 4.98 Å². The molecular weight excluding hydrogens is 230 g/mol. The maximum absolute atomic E-state index is 5.69. The number of benzene rings is 1. The molecule has 0 saturated heterocycles. The summed E-state index contributed by atoms with van der Waals surface area (Å²) in [5, 5.41) is 3.09. The maximum atomic E-state index is 5.69. The van der Waals surface area contributed by atoms with Crippen LogP contribution in [-0.2, 0) is 13.6 Å². The number of imidazole rings is 1. The number of nitrogen functional groups attached to an aromatic ring is 1. The summed E-state index contributed by atoms with van der Waals surface area (Å²) in [6.07, 6.45) is 3.65. The van der Waals surface area contributed by atoms with Crippen LogP contribution in [0.5, 0.6) is 0 Å². The zero-order valence-corrected chi connectivity index (χ0v) is 9.92. The minimum Gasteiger partial charge on any atom is -0.424 e. The number of rotatable bonds is 3. The van der Waals surface area contributed by atoms with Gasteiger partial charge in [0.25, 0.3) is 6.01 Å². The summed E-state index contributed by atoms with van der Waals surface area (Å²) in [5.41, 5.74) is 7.82. The molecule has 0 aliphatic rings. The Balaban J connectivity index is 1.81. The van der Waals surface area contributed by atoms with Crippen LogP contribution < -0.4 is 11.1 Å². The molecular formula is C12H13N5O. The minimum absolute atomic E-state index is 0.471. The fraction of sp³-hybridized carbons (Fsp3) is 0.167. The Hall–Kier alpha value is -2.50. The molecule has 0 atom stereocenters. The molecule has 92 valence electrons. The first-order valence-corrected chi connectivity index (χ1v) is 5.58. The van der Waals surface area contributed by atoms with Crippen molar-refractivity contribution in [3.63, 3.8) is 0 Å². The second-order valence-electron chi connectivity index (χ2n) is 4.05. The first kappa shape index (κ1) is 10.6. The number of oxazole rings is 1. The Bertz CT molecular complexity index is 685. The molecule has 0 radical (unpaired) electrons. The van der Waals surface area contributed by atoms with Crippen molar-refractivity contribution in [2.75, 3.05) is 11.1 Å². The van der Waals surface area contributed by atoms with Crippen molar-refractivity contribution < 1.29 is 4.42 Å². The topological polar surface area (TPSA) is 81.9 Å². The number of nitrogens with one attached hydrogen (secondary N) is 1. The highest BCUT2D eigenvalue weighted by Crippen LogP contribution is 2.21. The standard InChI is InChI=1S/C12H13N5O/c1-17-5-4-14-11(17)7-15-12-16-9-6-8(13)2-3-10(9)18-12/h2-6H,7,13H2,1H3,(H,15,16). The van der Waals surface area contributed by atoms with E-state index in [1.54, 1.807) is 18.3 Å². The molecule has 0 saturated carbocycles. The van der Waals surface area contributed by atoms with E-state index in [2.05, 4.69) is 15.3 Å². The van der Waals surface area contributed by atoms with Gasteiger partial charge in [0.15, 0.2) is 5.58 Å². The lowest BCUT2D eigenvalue weighted by Gasteiger charge is -2.01. The van der Waals surface area contributed by atoms with Crippen LogP contribution in [0.1, 0.15) is 5.82 Å². The summed E-state index contributed by atoms with van der Waals surface area (Å²) >= 11 is 0. The molecule has 0 fully saturated rings. The van der Waals surface area contributed by atoms with Gasteiger partial charge < -0.3 is 20.0 Å². The number of nitrogens with zero attached hydrogens (tertiary/aromatic N) is 3. The highest BCUT2D eigenvalue weighted by atomic mass is 16.4. The largest absolute Gasteiger partial charge is 0.424 e. The van der Waals surface area contributed by atoms with E-state index in [9.17, 15) is 0 Å². The highest BCUT2D eigenvalue weighted by Gasteiger charge is 2.06. The third-order valence-corrected chi connectivity index (χ3v) is 2.73. The van der Waals surface area contributed by atoms with Crippen molar-refractivity contribution >= 4 is 22.8 Å². The van der Waals surface area contributed by atoms with Crippen molar-refractivity contribution in [2.24, 2.45) is 7.05 Å². The van der Waals surface area contributed by atoms with Crippen LogP contribution >= 0.6 is 0 Å². The Morgan fingerprint density at radius 1 is 1.44 bits per heavy atom. The van der Waals surface area contributed by atoms with Crippen LogP contribution in [0.15, 0.2) is 35.0 Å². The lowest BCUT2D eigenvalue weighted by molar-refractivity contribution is 0.611. The van der Waals surface area contributed by atoms with E-state index in [0.29, 0.717) is 23.8 Å². The van der Waals surface area contributed by atoms with Gasteiger partial charge in [0, 0.05) is 25.1 Å². The fourth-order valence-electron chi connectivity index (χ4n) is 1.74. The monoisotopic (exact) mass is 243 g/mol. The van der Waals surface area contributed by atoms with Gasteiger partial charge in [-0.1, -0.05) is 0 Å². The molecule has 1 aromatic carbocycles. The average molecular weight is 243 g/mol. The second-order valence-corrected chi connectivity index (χ2v) is 4.05. The number of fused-ring (bicyclic) bond motifs is 1. The first-order valence-electron chi connectivity index (χ1n) is 5.58. The SMILES string of the molecule is Cn1ccnc1CNc1nc2cc(N)ccc2o1. The Morgan fingerprint density at radius 2 is 2.33 bits per heavy atom. The summed E-state index contributed by atoms with van der Waals surface area (Å²) in [4.78, 5) is 8.52. The van der Waals surface area contributed by atoms with Crippen molar-refractivity contribution in [2.45, 2.75) is 6.54 Å². The Morgan fingerprint density at radius 3 is 3.11 bits per heavy atom. The smallest absolute Gasteiger partial charge is 0.296 e. The molecule has 0 unspecified atom stereocenters. The van der Waals surface area contributed by atoms with Crippen molar-refractivity contribution in [3.8, 4) is 0 Å². The van der Waals surface area contributed by atoms with E-state index in [1.165, 1.54) is 0 Å². The molecule has 6 heteroatoms. The second kappa shape index (κ2) is 4.06. The summed E-state index contributed by atoms with van der Waals surface area (Å²) in [6.45, 7) is 0.561. The minimum atomic E-state index is 0.471. The van der Waals surface area contributed by atoms with Gasteiger partial charge in [-0.15, -0.1) is 0 Å². The van der Waals surface area contributed by atoms with Gasteiger partial charge in [-0.3, -0.25) is 0 Å². The zero-order chi connectivity index (χ0) is 12.5. The van der Waals surface area contributed by atoms with E-state index in [4.69, 9.17) is 10.2 Å².